The van der Waals surface area contributed by atoms with Gasteiger partial charge < -0.3 is 10.5 Å². The Balaban J connectivity index is 1.79. The van der Waals surface area contributed by atoms with Gasteiger partial charge in [0, 0.05) is 11.3 Å². The SMILES string of the molecule is CCC(Oc1ccc(C)cc1)c1cc(-c2ccc(N)cc2)n[nH]1. The number of hydrogen-bond donors (Lipinski definition) is 2. The van der Waals surface area contributed by atoms with Gasteiger partial charge in [-0.2, -0.15) is 5.10 Å². The zero-order valence-electron chi connectivity index (χ0n) is 13.4. The van der Waals surface area contributed by atoms with Crippen molar-refractivity contribution >= 4 is 5.69 Å². The molecule has 3 rings (SSSR count). The van der Waals surface area contributed by atoms with Crippen LogP contribution in [0.5, 0.6) is 5.75 Å². The molecule has 0 spiro atoms. The van der Waals surface area contributed by atoms with Crippen molar-refractivity contribution in [1.29, 1.82) is 0 Å². The Bertz CT molecular complexity index is 760. The van der Waals surface area contributed by atoms with E-state index in [9.17, 15) is 0 Å². The van der Waals surface area contributed by atoms with Gasteiger partial charge in [-0.05, 0) is 43.7 Å². The van der Waals surface area contributed by atoms with E-state index in [1.807, 2.05) is 42.5 Å². The molecule has 23 heavy (non-hydrogen) atoms. The monoisotopic (exact) mass is 307 g/mol. The summed E-state index contributed by atoms with van der Waals surface area (Å²) in [6.45, 7) is 4.16. The standard InChI is InChI=1S/C19H21N3O/c1-3-19(23-16-10-4-13(2)5-11-16)18-12-17(21-22-18)14-6-8-15(20)9-7-14/h4-12,19H,3,20H2,1-2H3,(H,21,22). The van der Waals surface area contributed by atoms with E-state index >= 15 is 0 Å². The maximum absolute atomic E-state index is 6.08. The summed E-state index contributed by atoms with van der Waals surface area (Å²) in [6.07, 6.45) is 0.810. The van der Waals surface area contributed by atoms with Crippen molar-refractivity contribution in [3.63, 3.8) is 0 Å². The molecule has 0 bridgehead atoms. The molecule has 0 saturated heterocycles. The smallest absolute Gasteiger partial charge is 0.140 e. The minimum atomic E-state index is -0.0484. The molecule has 1 atom stereocenters. The molecule has 3 N–H and O–H groups in total. The molecule has 0 amide bonds. The number of anilines is 1. The van der Waals surface area contributed by atoms with E-state index in [0.717, 1.165) is 34.8 Å². The number of rotatable bonds is 5. The van der Waals surface area contributed by atoms with E-state index < -0.39 is 0 Å². The van der Waals surface area contributed by atoms with Gasteiger partial charge in [-0.3, -0.25) is 5.10 Å². The highest BCUT2D eigenvalue weighted by Gasteiger charge is 2.15. The van der Waals surface area contributed by atoms with Gasteiger partial charge in [0.05, 0.1) is 11.4 Å². The van der Waals surface area contributed by atoms with E-state index in [0.29, 0.717) is 0 Å². The van der Waals surface area contributed by atoms with E-state index in [1.165, 1.54) is 5.56 Å². The van der Waals surface area contributed by atoms with Crippen LogP contribution in [0.2, 0.25) is 0 Å². The Hall–Kier alpha value is -2.75. The lowest BCUT2D eigenvalue weighted by Crippen LogP contribution is -2.06. The highest BCUT2D eigenvalue weighted by atomic mass is 16.5. The number of benzene rings is 2. The second kappa shape index (κ2) is 6.57. The lowest BCUT2D eigenvalue weighted by atomic mass is 10.1. The Morgan fingerprint density at radius 2 is 1.78 bits per heavy atom. The number of ether oxygens (including phenoxy) is 1. The molecule has 0 aliphatic carbocycles. The Morgan fingerprint density at radius 1 is 1.09 bits per heavy atom. The largest absolute Gasteiger partial charge is 0.484 e. The van der Waals surface area contributed by atoms with Crippen LogP contribution >= 0.6 is 0 Å². The first-order valence-electron chi connectivity index (χ1n) is 7.80. The number of aromatic amines is 1. The number of aryl methyl sites for hydroxylation is 1. The topological polar surface area (TPSA) is 63.9 Å². The first-order valence-corrected chi connectivity index (χ1v) is 7.80. The summed E-state index contributed by atoms with van der Waals surface area (Å²) in [4.78, 5) is 0. The van der Waals surface area contributed by atoms with Crippen molar-refractivity contribution in [3.05, 3.63) is 65.9 Å². The summed E-state index contributed by atoms with van der Waals surface area (Å²) in [7, 11) is 0. The van der Waals surface area contributed by atoms with Crippen LogP contribution in [-0.2, 0) is 0 Å². The second-order valence-corrected chi connectivity index (χ2v) is 5.66. The minimum absolute atomic E-state index is 0.0484. The Kier molecular flexibility index (Phi) is 4.33. The number of nitrogens with two attached hydrogens (primary N) is 1. The van der Waals surface area contributed by atoms with Crippen molar-refractivity contribution in [1.82, 2.24) is 10.2 Å². The zero-order valence-corrected chi connectivity index (χ0v) is 13.4. The van der Waals surface area contributed by atoms with Gasteiger partial charge in [-0.25, -0.2) is 0 Å². The lowest BCUT2D eigenvalue weighted by Gasteiger charge is -2.16. The van der Waals surface area contributed by atoms with Gasteiger partial charge in [0.15, 0.2) is 0 Å². The molecule has 0 fully saturated rings. The van der Waals surface area contributed by atoms with Gasteiger partial charge in [0.2, 0.25) is 0 Å². The summed E-state index contributed by atoms with van der Waals surface area (Å²) in [6, 6.07) is 17.8. The normalized spacial score (nSPS) is 12.1. The van der Waals surface area contributed by atoms with Crippen LogP contribution in [0.15, 0.2) is 54.6 Å². The molecule has 2 aromatic carbocycles. The zero-order chi connectivity index (χ0) is 16.2. The molecule has 0 radical (unpaired) electrons. The maximum Gasteiger partial charge on any atom is 0.140 e. The molecule has 0 aliphatic heterocycles. The number of nitrogens with one attached hydrogen (secondary N) is 1. The molecule has 1 aromatic heterocycles. The fourth-order valence-corrected chi connectivity index (χ4v) is 2.45. The summed E-state index contributed by atoms with van der Waals surface area (Å²) in [5.74, 6) is 0.867. The molecule has 1 heterocycles. The average molecular weight is 307 g/mol. The number of aromatic nitrogens is 2. The van der Waals surface area contributed by atoms with Crippen molar-refractivity contribution in [2.24, 2.45) is 0 Å². The second-order valence-electron chi connectivity index (χ2n) is 5.66. The first-order chi connectivity index (χ1) is 11.2. The Morgan fingerprint density at radius 3 is 2.43 bits per heavy atom. The fraction of sp³-hybridized carbons (Fsp3) is 0.211. The van der Waals surface area contributed by atoms with Crippen LogP contribution in [0.25, 0.3) is 11.3 Å². The molecule has 118 valence electrons. The van der Waals surface area contributed by atoms with E-state index in [4.69, 9.17) is 10.5 Å². The summed E-state index contributed by atoms with van der Waals surface area (Å²) in [5, 5.41) is 7.49. The molecule has 0 aliphatic rings. The van der Waals surface area contributed by atoms with Crippen molar-refractivity contribution in [3.8, 4) is 17.0 Å². The predicted molar refractivity (Wildman–Crippen MR) is 93.3 cm³/mol. The highest BCUT2D eigenvalue weighted by molar-refractivity contribution is 5.62. The Labute approximate surface area is 136 Å². The van der Waals surface area contributed by atoms with Gasteiger partial charge in [-0.1, -0.05) is 36.8 Å². The maximum atomic E-state index is 6.08. The summed E-state index contributed by atoms with van der Waals surface area (Å²) in [5.41, 5.74) is 10.6. The van der Waals surface area contributed by atoms with Crippen LogP contribution in [0.4, 0.5) is 5.69 Å². The van der Waals surface area contributed by atoms with E-state index in [2.05, 4.69) is 36.2 Å². The predicted octanol–water partition coefficient (Wildman–Crippen LogP) is 4.50. The van der Waals surface area contributed by atoms with Crippen molar-refractivity contribution < 1.29 is 4.74 Å². The molecular weight excluding hydrogens is 286 g/mol. The van der Waals surface area contributed by atoms with E-state index in [1.54, 1.807) is 0 Å². The fourth-order valence-electron chi connectivity index (χ4n) is 2.45. The average Bonchev–Trinajstić information content (AvgIpc) is 3.05. The molecule has 1 unspecified atom stereocenters. The third-order valence-corrected chi connectivity index (χ3v) is 3.82. The lowest BCUT2D eigenvalue weighted by molar-refractivity contribution is 0.196. The number of nitrogens with zero attached hydrogens (tertiary/aromatic N) is 1. The van der Waals surface area contributed by atoms with E-state index in [-0.39, 0.29) is 6.10 Å². The first kappa shape index (κ1) is 15.2. The van der Waals surface area contributed by atoms with Crippen molar-refractivity contribution in [2.75, 3.05) is 5.73 Å². The van der Waals surface area contributed by atoms with Crippen molar-refractivity contribution in [2.45, 2.75) is 26.4 Å². The third-order valence-electron chi connectivity index (χ3n) is 3.82. The van der Waals surface area contributed by atoms with Gasteiger partial charge in [0.1, 0.15) is 11.9 Å². The van der Waals surface area contributed by atoms with Gasteiger partial charge in [-0.15, -0.1) is 0 Å². The molecule has 3 aromatic rings. The van der Waals surface area contributed by atoms with Crippen LogP contribution in [0, 0.1) is 6.92 Å². The minimum Gasteiger partial charge on any atom is -0.484 e. The van der Waals surface area contributed by atoms with Gasteiger partial charge in [0.25, 0.3) is 0 Å². The van der Waals surface area contributed by atoms with Crippen LogP contribution in [0.1, 0.15) is 30.7 Å². The van der Waals surface area contributed by atoms with Gasteiger partial charge >= 0.3 is 0 Å². The van der Waals surface area contributed by atoms with Crippen LogP contribution in [-0.4, -0.2) is 10.2 Å². The molecule has 0 saturated carbocycles. The molecule has 4 nitrogen and oxygen atoms in total. The number of hydrogen-bond acceptors (Lipinski definition) is 3. The third kappa shape index (κ3) is 3.54. The summed E-state index contributed by atoms with van der Waals surface area (Å²) >= 11 is 0. The van der Waals surface area contributed by atoms with Crippen LogP contribution < -0.4 is 10.5 Å². The summed E-state index contributed by atoms with van der Waals surface area (Å²) < 4.78 is 6.08. The molecule has 4 heteroatoms. The molecular formula is C19H21N3O. The van der Waals surface area contributed by atoms with Crippen LogP contribution in [0.3, 0.4) is 0 Å². The number of nitrogen functional groups attached to an aromatic ring is 1. The number of H-pyrrole nitrogens is 1. The highest BCUT2D eigenvalue weighted by Crippen LogP contribution is 2.27. The quantitative estimate of drug-likeness (QED) is 0.682.